The van der Waals surface area contributed by atoms with Crippen molar-refractivity contribution in [3.63, 3.8) is 0 Å². The van der Waals surface area contributed by atoms with E-state index in [1.165, 1.54) is 35.8 Å². The lowest BCUT2D eigenvalue weighted by Crippen LogP contribution is -2.20. The first-order chi connectivity index (χ1) is 20.6. The van der Waals surface area contributed by atoms with Crippen LogP contribution in [0.3, 0.4) is 0 Å². The molecule has 236 valence electrons. The minimum Gasteiger partial charge on any atom is -0.469 e. The molecule has 0 aromatic heterocycles. The highest BCUT2D eigenvalue weighted by molar-refractivity contribution is 5.77. The van der Waals surface area contributed by atoms with Crippen molar-refractivity contribution in [2.45, 2.75) is 79.1 Å². The number of carbonyl (C=O) groups excluding carboxylic acids is 2. The van der Waals surface area contributed by atoms with E-state index in [2.05, 4.69) is 72.8 Å². The third kappa shape index (κ3) is 15.3. The molecule has 5 heteroatoms. The molecule has 5 nitrogen and oxygen atoms in total. The SMILES string of the molecule is C.C.COC(=O)Cc1cccc(CCCCc2ccccc2)c1.O=C(Cc1cccc(CCCCc2ccccc2)c1)NO. The van der Waals surface area contributed by atoms with Gasteiger partial charge in [-0.25, -0.2) is 5.48 Å². The summed E-state index contributed by atoms with van der Waals surface area (Å²) in [6, 6.07) is 37.3. The zero-order valence-corrected chi connectivity index (χ0v) is 24.6. The normalized spacial score (nSPS) is 9.86. The minimum atomic E-state index is -0.378. The fraction of sp³-hybridized carbons (Fsp3) is 0.333. The number of carbonyl (C=O) groups is 2. The van der Waals surface area contributed by atoms with Gasteiger partial charge in [-0.2, -0.15) is 0 Å². The van der Waals surface area contributed by atoms with E-state index in [1.54, 1.807) is 5.48 Å². The van der Waals surface area contributed by atoms with E-state index in [0.29, 0.717) is 6.42 Å². The monoisotopic (exact) mass is 597 g/mol. The van der Waals surface area contributed by atoms with Crippen LogP contribution in [-0.4, -0.2) is 24.2 Å². The molecule has 0 heterocycles. The molecule has 0 aliphatic rings. The van der Waals surface area contributed by atoms with Crippen LogP contribution in [0.25, 0.3) is 0 Å². The number of hydrogen-bond acceptors (Lipinski definition) is 4. The quantitative estimate of drug-likeness (QED) is 0.0661. The molecule has 0 radical (unpaired) electrons. The van der Waals surface area contributed by atoms with Crippen LogP contribution in [-0.2, 0) is 52.9 Å². The number of hydroxylamine groups is 1. The summed E-state index contributed by atoms with van der Waals surface area (Å²) in [5.74, 6) is -0.563. The Morgan fingerprint density at radius 1 is 0.545 bits per heavy atom. The van der Waals surface area contributed by atoms with Gasteiger partial charge in [0.05, 0.1) is 20.0 Å². The second kappa shape index (κ2) is 22.3. The molecular formula is C39H51NO4. The van der Waals surface area contributed by atoms with Crippen LogP contribution in [0, 0.1) is 0 Å². The third-order valence-corrected chi connectivity index (χ3v) is 7.10. The van der Waals surface area contributed by atoms with Crippen molar-refractivity contribution in [3.8, 4) is 0 Å². The average molecular weight is 598 g/mol. The van der Waals surface area contributed by atoms with Crippen LogP contribution in [0.1, 0.15) is 73.9 Å². The van der Waals surface area contributed by atoms with Gasteiger partial charge in [0.25, 0.3) is 0 Å². The van der Waals surface area contributed by atoms with Crippen molar-refractivity contribution < 1.29 is 19.5 Å². The van der Waals surface area contributed by atoms with E-state index in [-0.39, 0.29) is 33.2 Å². The van der Waals surface area contributed by atoms with Crippen molar-refractivity contribution in [3.05, 3.63) is 143 Å². The van der Waals surface area contributed by atoms with Crippen LogP contribution in [0.5, 0.6) is 0 Å². The zero-order valence-electron chi connectivity index (χ0n) is 24.6. The van der Waals surface area contributed by atoms with Crippen LogP contribution in [0.2, 0.25) is 0 Å². The lowest BCUT2D eigenvalue weighted by Gasteiger charge is -2.05. The average Bonchev–Trinajstić information content (AvgIpc) is 3.03. The topological polar surface area (TPSA) is 75.6 Å². The van der Waals surface area contributed by atoms with Gasteiger partial charge in [0, 0.05) is 0 Å². The number of esters is 1. The summed E-state index contributed by atoms with van der Waals surface area (Å²) in [6.45, 7) is 0. The van der Waals surface area contributed by atoms with Crippen LogP contribution >= 0.6 is 0 Å². The highest BCUT2D eigenvalue weighted by atomic mass is 16.5. The lowest BCUT2D eigenvalue weighted by atomic mass is 10.0. The zero-order chi connectivity index (χ0) is 29.8. The van der Waals surface area contributed by atoms with E-state index in [0.717, 1.165) is 56.1 Å². The Labute approximate surface area is 265 Å². The van der Waals surface area contributed by atoms with Crippen LogP contribution in [0.4, 0.5) is 0 Å². The van der Waals surface area contributed by atoms with Gasteiger partial charge < -0.3 is 4.74 Å². The predicted octanol–water partition coefficient (Wildman–Crippen LogP) is 8.54. The molecule has 4 rings (SSSR count). The van der Waals surface area contributed by atoms with Crippen molar-refractivity contribution in [1.82, 2.24) is 5.48 Å². The number of rotatable bonds is 14. The third-order valence-electron chi connectivity index (χ3n) is 7.10. The molecule has 1 amide bonds. The smallest absolute Gasteiger partial charge is 0.309 e. The van der Waals surface area contributed by atoms with Gasteiger partial charge in [-0.05, 0) is 84.7 Å². The van der Waals surface area contributed by atoms with E-state index >= 15 is 0 Å². The van der Waals surface area contributed by atoms with Crippen molar-refractivity contribution >= 4 is 11.9 Å². The predicted molar refractivity (Wildman–Crippen MR) is 182 cm³/mol. The summed E-state index contributed by atoms with van der Waals surface area (Å²) in [5.41, 5.74) is 8.95. The number of ether oxygens (including phenoxy) is 1. The maximum atomic E-state index is 11.3. The summed E-state index contributed by atoms with van der Waals surface area (Å²) in [4.78, 5) is 22.4. The Kier molecular flexibility index (Phi) is 19.2. The fourth-order valence-electron chi connectivity index (χ4n) is 4.86. The fourth-order valence-corrected chi connectivity index (χ4v) is 4.86. The first-order valence-corrected chi connectivity index (χ1v) is 14.8. The maximum absolute atomic E-state index is 11.3. The van der Waals surface area contributed by atoms with Gasteiger partial charge in [-0.15, -0.1) is 0 Å². The van der Waals surface area contributed by atoms with Gasteiger partial charge in [0.2, 0.25) is 5.91 Å². The Hall–Kier alpha value is -4.22. The summed E-state index contributed by atoms with van der Waals surface area (Å²) in [5, 5.41) is 8.55. The molecule has 0 saturated heterocycles. The number of benzene rings is 4. The molecule has 4 aromatic rings. The molecule has 0 atom stereocenters. The molecule has 0 bridgehead atoms. The van der Waals surface area contributed by atoms with Gasteiger partial charge in [0.1, 0.15) is 0 Å². The Morgan fingerprint density at radius 2 is 0.909 bits per heavy atom. The molecule has 2 N–H and O–H groups in total. The Bertz CT molecular complexity index is 1230. The van der Waals surface area contributed by atoms with E-state index < -0.39 is 0 Å². The highest BCUT2D eigenvalue weighted by Gasteiger charge is 2.04. The first-order valence-electron chi connectivity index (χ1n) is 14.8. The van der Waals surface area contributed by atoms with Crippen molar-refractivity contribution in [2.24, 2.45) is 0 Å². The Morgan fingerprint density at radius 3 is 1.32 bits per heavy atom. The van der Waals surface area contributed by atoms with Crippen molar-refractivity contribution in [2.75, 3.05) is 7.11 Å². The highest BCUT2D eigenvalue weighted by Crippen LogP contribution is 2.13. The molecule has 44 heavy (non-hydrogen) atoms. The van der Waals surface area contributed by atoms with E-state index in [9.17, 15) is 9.59 Å². The first kappa shape index (κ1) is 37.8. The second-order valence-corrected chi connectivity index (χ2v) is 10.5. The molecule has 0 unspecified atom stereocenters. The van der Waals surface area contributed by atoms with Crippen LogP contribution in [0.15, 0.2) is 109 Å². The number of amides is 1. The summed E-state index contributed by atoms with van der Waals surface area (Å²) < 4.78 is 4.70. The lowest BCUT2D eigenvalue weighted by molar-refractivity contribution is -0.139. The summed E-state index contributed by atoms with van der Waals surface area (Å²) >= 11 is 0. The molecule has 0 spiro atoms. The van der Waals surface area contributed by atoms with E-state index in [1.807, 2.05) is 36.4 Å². The molecule has 0 saturated carbocycles. The number of aryl methyl sites for hydroxylation is 4. The Balaban J connectivity index is 0.000000421. The molecule has 0 aliphatic carbocycles. The summed E-state index contributed by atoms with van der Waals surface area (Å²) in [6.07, 6.45) is 9.51. The van der Waals surface area contributed by atoms with Gasteiger partial charge >= 0.3 is 5.97 Å². The molecule has 0 fully saturated rings. The molecule has 4 aromatic carbocycles. The number of hydrogen-bond donors (Lipinski definition) is 2. The van der Waals surface area contributed by atoms with Gasteiger partial charge in [-0.3, -0.25) is 14.8 Å². The van der Waals surface area contributed by atoms with Crippen LogP contribution < -0.4 is 5.48 Å². The largest absolute Gasteiger partial charge is 0.469 e. The van der Waals surface area contributed by atoms with Crippen molar-refractivity contribution in [1.29, 1.82) is 0 Å². The number of nitrogens with one attached hydrogen (secondary N) is 1. The number of unbranched alkanes of at least 4 members (excludes halogenated alkanes) is 2. The minimum absolute atomic E-state index is 0. The van der Waals surface area contributed by atoms with Gasteiger partial charge in [0.15, 0.2) is 0 Å². The standard InChI is InChI=1S/C19H22O2.C18H21NO2.2CH4/c1-21-19(20)15-18-13-7-12-17(14-18)11-6-5-10-16-8-3-2-4-9-16;20-18(19-21)14-17-12-6-11-16(13-17)10-5-4-9-15-7-2-1-3-8-15;;/h2-4,7-9,12-14H,5-6,10-11,15H2,1H3;1-3,6-8,11-13,21H,4-5,9-10,14H2,(H,19,20);2*1H4. The second-order valence-electron chi connectivity index (χ2n) is 10.5. The van der Waals surface area contributed by atoms with Gasteiger partial charge in [-0.1, -0.05) is 124 Å². The number of methoxy groups -OCH3 is 1. The maximum Gasteiger partial charge on any atom is 0.309 e. The summed E-state index contributed by atoms with van der Waals surface area (Å²) in [7, 11) is 1.43. The molecular weight excluding hydrogens is 546 g/mol. The van der Waals surface area contributed by atoms with E-state index in [4.69, 9.17) is 9.94 Å². The molecule has 0 aliphatic heterocycles.